The van der Waals surface area contributed by atoms with Crippen LogP contribution >= 0.6 is 24.0 Å². The number of halogens is 1. The number of rotatable bonds is 5. The lowest BCUT2D eigenvalue weighted by Crippen LogP contribution is -2.43. The minimum absolute atomic E-state index is 0. The number of piperidine rings is 1. The maximum atomic E-state index is 5.41. The number of guanidine groups is 1. The molecule has 0 aliphatic carbocycles. The maximum Gasteiger partial charge on any atom is 0.231 e. The third-order valence-corrected chi connectivity index (χ3v) is 4.72. The number of likely N-dealkylation sites (tertiary alicyclic amines) is 1. The number of nitrogens with zero attached hydrogens (tertiary/aromatic N) is 2. The van der Waals surface area contributed by atoms with Gasteiger partial charge in [-0.3, -0.25) is 4.99 Å². The smallest absolute Gasteiger partial charge is 0.231 e. The first-order chi connectivity index (χ1) is 11.7. The maximum absolute atomic E-state index is 5.41. The van der Waals surface area contributed by atoms with Gasteiger partial charge in [-0.15, -0.1) is 24.0 Å². The Bertz CT molecular complexity index is 574. The van der Waals surface area contributed by atoms with Crippen molar-refractivity contribution >= 4 is 29.9 Å². The van der Waals surface area contributed by atoms with Gasteiger partial charge < -0.3 is 25.0 Å². The molecular formula is C18H29IN4O2. The second kappa shape index (κ2) is 10.1. The fourth-order valence-corrected chi connectivity index (χ4v) is 3.08. The van der Waals surface area contributed by atoms with Crippen LogP contribution in [0.15, 0.2) is 23.2 Å². The standard InChI is InChI=1S/C18H28N4O2.HI/c1-14-5-8-22(9-6-14)10-7-20-18(19-2)21-12-15-3-4-16-17(11-15)24-13-23-16;/h3-4,11,14H,5-10,12-13H2,1-2H3,(H2,19,20,21);1H. The summed E-state index contributed by atoms with van der Waals surface area (Å²) < 4.78 is 10.7. The molecule has 1 saturated heterocycles. The van der Waals surface area contributed by atoms with Crippen molar-refractivity contribution in [2.45, 2.75) is 26.3 Å². The number of hydrogen-bond donors (Lipinski definition) is 2. The quantitative estimate of drug-likeness (QED) is 0.402. The second-order valence-electron chi connectivity index (χ2n) is 6.56. The zero-order valence-electron chi connectivity index (χ0n) is 15.1. The van der Waals surface area contributed by atoms with E-state index in [4.69, 9.17) is 9.47 Å². The molecule has 0 aromatic heterocycles. The van der Waals surface area contributed by atoms with Crippen molar-refractivity contribution in [2.75, 3.05) is 40.0 Å². The first-order valence-electron chi connectivity index (χ1n) is 8.80. The van der Waals surface area contributed by atoms with Gasteiger partial charge in [-0.25, -0.2) is 0 Å². The van der Waals surface area contributed by atoms with Crippen molar-refractivity contribution in [3.63, 3.8) is 0 Å². The highest BCUT2D eigenvalue weighted by Crippen LogP contribution is 2.32. The summed E-state index contributed by atoms with van der Waals surface area (Å²) in [5.74, 6) is 3.34. The first-order valence-corrected chi connectivity index (χ1v) is 8.80. The number of benzene rings is 1. The zero-order valence-corrected chi connectivity index (χ0v) is 17.4. The SMILES string of the molecule is CN=C(NCCN1CCC(C)CC1)NCc1ccc2c(c1)OCO2.I. The fraction of sp³-hybridized carbons (Fsp3) is 0.611. The largest absolute Gasteiger partial charge is 0.454 e. The summed E-state index contributed by atoms with van der Waals surface area (Å²) in [6, 6.07) is 6.01. The summed E-state index contributed by atoms with van der Waals surface area (Å²) in [7, 11) is 1.80. The third-order valence-electron chi connectivity index (χ3n) is 4.72. The highest BCUT2D eigenvalue weighted by atomic mass is 127. The molecule has 0 saturated carbocycles. The average Bonchev–Trinajstić information content (AvgIpc) is 3.07. The number of hydrogen-bond acceptors (Lipinski definition) is 4. The van der Waals surface area contributed by atoms with Crippen LogP contribution < -0.4 is 20.1 Å². The fourth-order valence-electron chi connectivity index (χ4n) is 3.08. The summed E-state index contributed by atoms with van der Waals surface area (Å²) in [6.45, 7) is 7.77. The van der Waals surface area contributed by atoms with Crippen LogP contribution in [0.4, 0.5) is 0 Å². The molecule has 1 aromatic rings. The zero-order chi connectivity index (χ0) is 16.8. The predicted molar refractivity (Wildman–Crippen MR) is 111 cm³/mol. The van der Waals surface area contributed by atoms with Gasteiger partial charge in [0.25, 0.3) is 0 Å². The molecule has 2 aliphatic heterocycles. The Morgan fingerprint density at radius 3 is 2.72 bits per heavy atom. The molecule has 0 atom stereocenters. The van der Waals surface area contributed by atoms with E-state index in [1.54, 1.807) is 7.05 Å². The van der Waals surface area contributed by atoms with E-state index in [0.29, 0.717) is 13.3 Å². The van der Waals surface area contributed by atoms with E-state index >= 15 is 0 Å². The second-order valence-corrected chi connectivity index (χ2v) is 6.56. The van der Waals surface area contributed by atoms with E-state index in [1.165, 1.54) is 25.9 Å². The Balaban J connectivity index is 0.00000225. The molecular weight excluding hydrogens is 431 g/mol. The van der Waals surface area contributed by atoms with Crippen LogP contribution in [-0.2, 0) is 6.54 Å². The van der Waals surface area contributed by atoms with Crippen molar-refractivity contribution < 1.29 is 9.47 Å². The van der Waals surface area contributed by atoms with E-state index < -0.39 is 0 Å². The van der Waals surface area contributed by atoms with Crippen LogP contribution in [-0.4, -0.2) is 50.9 Å². The molecule has 25 heavy (non-hydrogen) atoms. The number of aliphatic imine (C=N–C) groups is 1. The van der Waals surface area contributed by atoms with Crippen LogP contribution in [0, 0.1) is 5.92 Å². The Morgan fingerprint density at radius 2 is 1.96 bits per heavy atom. The summed E-state index contributed by atoms with van der Waals surface area (Å²) >= 11 is 0. The lowest BCUT2D eigenvalue weighted by Gasteiger charge is -2.30. The van der Waals surface area contributed by atoms with Gasteiger partial charge in [-0.2, -0.15) is 0 Å². The van der Waals surface area contributed by atoms with Gasteiger partial charge in [-0.05, 0) is 49.5 Å². The van der Waals surface area contributed by atoms with E-state index in [0.717, 1.165) is 42.0 Å². The van der Waals surface area contributed by atoms with Crippen LogP contribution in [0.1, 0.15) is 25.3 Å². The van der Waals surface area contributed by atoms with Gasteiger partial charge in [0.1, 0.15) is 0 Å². The van der Waals surface area contributed by atoms with Gasteiger partial charge in [0.05, 0.1) is 0 Å². The monoisotopic (exact) mass is 460 g/mol. The van der Waals surface area contributed by atoms with Crippen LogP contribution in [0.3, 0.4) is 0 Å². The molecule has 2 aliphatic rings. The topological polar surface area (TPSA) is 58.1 Å². The Morgan fingerprint density at radius 1 is 1.20 bits per heavy atom. The molecule has 1 fully saturated rings. The molecule has 0 bridgehead atoms. The molecule has 0 unspecified atom stereocenters. The third kappa shape index (κ3) is 5.91. The number of ether oxygens (including phenoxy) is 2. The summed E-state index contributed by atoms with van der Waals surface area (Å²) in [5.41, 5.74) is 1.15. The van der Waals surface area contributed by atoms with Gasteiger partial charge >= 0.3 is 0 Å². The molecule has 2 N–H and O–H groups in total. The number of fused-ring (bicyclic) bond motifs is 1. The average molecular weight is 460 g/mol. The first kappa shape index (κ1) is 20.1. The lowest BCUT2D eigenvalue weighted by atomic mass is 9.99. The lowest BCUT2D eigenvalue weighted by molar-refractivity contribution is 0.174. The highest BCUT2D eigenvalue weighted by Gasteiger charge is 2.15. The summed E-state index contributed by atoms with van der Waals surface area (Å²) in [5, 5.41) is 6.74. The number of nitrogens with one attached hydrogen (secondary N) is 2. The molecule has 6 nitrogen and oxygen atoms in total. The van der Waals surface area contributed by atoms with Crippen molar-refractivity contribution in [3.8, 4) is 11.5 Å². The Labute approximate surface area is 167 Å². The van der Waals surface area contributed by atoms with Crippen molar-refractivity contribution in [2.24, 2.45) is 10.9 Å². The summed E-state index contributed by atoms with van der Waals surface area (Å²) in [6.07, 6.45) is 2.63. The van der Waals surface area contributed by atoms with Crippen molar-refractivity contribution in [1.82, 2.24) is 15.5 Å². The van der Waals surface area contributed by atoms with E-state index in [9.17, 15) is 0 Å². The van der Waals surface area contributed by atoms with Crippen molar-refractivity contribution in [1.29, 1.82) is 0 Å². The molecule has 0 spiro atoms. The van der Waals surface area contributed by atoms with Crippen LogP contribution in [0.25, 0.3) is 0 Å². The van der Waals surface area contributed by atoms with E-state index in [1.807, 2.05) is 18.2 Å². The molecule has 0 radical (unpaired) electrons. The molecule has 2 heterocycles. The van der Waals surface area contributed by atoms with E-state index in [2.05, 4.69) is 27.4 Å². The van der Waals surface area contributed by atoms with Gasteiger partial charge in [-0.1, -0.05) is 13.0 Å². The Hall–Kier alpha value is -1.22. The normalized spacial score (nSPS) is 17.9. The minimum atomic E-state index is 0. The van der Waals surface area contributed by atoms with Crippen LogP contribution in [0.5, 0.6) is 11.5 Å². The predicted octanol–water partition coefficient (Wildman–Crippen LogP) is 2.43. The molecule has 140 valence electrons. The van der Waals surface area contributed by atoms with Gasteiger partial charge in [0.2, 0.25) is 6.79 Å². The van der Waals surface area contributed by atoms with Crippen molar-refractivity contribution in [3.05, 3.63) is 23.8 Å². The van der Waals surface area contributed by atoms with Crippen LogP contribution in [0.2, 0.25) is 0 Å². The molecule has 7 heteroatoms. The molecule has 0 amide bonds. The molecule has 1 aromatic carbocycles. The highest BCUT2D eigenvalue weighted by molar-refractivity contribution is 14.0. The Kier molecular flexibility index (Phi) is 8.08. The summed E-state index contributed by atoms with van der Waals surface area (Å²) in [4.78, 5) is 6.82. The van der Waals surface area contributed by atoms with Gasteiger partial charge in [0.15, 0.2) is 17.5 Å². The molecule has 3 rings (SSSR count). The minimum Gasteiger partial charge on any atom is -0.454 e. The van der Waals surface area contributed by atoms with Gasteiger partial charge in [0, 0.05) is 26.7 Å². The van der Waals surface area contributed by atoms with E-state index in [-0.39, 0.29) is 24.0 Å².